The van der Waals surface area contributed by atoms with E-state index >= 15 is 0 Å². The molecule has 6 heteroatoms. The fourth-order valence-electron chi connectivity index (χ4n) is 3.49. The lowest BCUT2D eigenvalue weighted by atomic mass is 10.0. The summed E-state index contributed by atoms with van der Waals surface area (Å²) < 4.78 is 6.41. The molecule has 4 aromatic rings. The number of carbonyl (C=O) groups is 1. The number of pyridine rings is 2. The molecule has 0 radical (unpaired) electrons. The Morgan fingerprint density at radius 2 is 1.80 bits per heavy atom. The van der Waals surface area contributed by atoms with Gasteiger partial charge in [-0.1, -0.05) is 48.5 Å². The molecule has 0 aliphatic carbocycles. The number of hydrogen-bond acceptors (Lipinski definition) is 4. The molecule has 1 atom stereocenters. The molecule has 2 aromatic heterocycles. The third-order valence-corrected chi connectivity index (χ3v) is 4.97. The second-order valence-corrected chi connectivity index (χ2v) is 6.94. The first-order chi connectivity index (χ1) is 14.6. The molecule has 4 rings (SSSR count). The lowest BCUT2D eigenvalue weighted by Crippen LogP contribution is -2.31. The highest BCUT2D eigenvalue weighted by Crippen LogP contribution is 2.36. The van der Waals surface area contributed by atoms with Gasteiger partial charge in [0.2, 0.25) is 0 Å². The van der Waals surface area contributed by atoms with Crippen molar-refractivity contribution in [2.45, 2.75) is 13.0 Å². The summed E-state index contributed by atoms with van der Waals surface area (Å²) in [5, 5.41) is 15.3. The predicted molar refractivity (Wildman–Crippen MR) is 115 cm³/mol. The van der Waals surface area contributed by atoms with Crippen LogP contribution in [0.25, 0.3) is 22.2 Å². The lowest BCUT2D eigenvalue weighted by molar-refractivity contribution is -0.606. The Morgan fingerprint density at radius 1 is 1.07 bits per heavy atom. The van der Waals surface area contributed by atoms with Crippen molar-refractivity contribution in [2.24, 2.45) is 0 Å². The standard InChI is InChI=1S/C24H21N3O3/c1-16(18-11-8-14-27(29)15-18)25-24(28)21-19-12-6-7-13-20(19)26-22(23(21)30-2)17-9-4-3-5-10-17/h3-16H,1-2H3,(H,25,28). The van der Waals surface area contributed by atoms with Crippen LogP contribution < -0.4 is 14.8 Å². The van der Waals surface area contributed by atoms with Crippen LogP contribution in [0.15, 0.2) is 79.1 Å². The molecular weight excluding hydrogens is 378 g/mol. The highest BCUT2D eigenvalue weighted by atomic mass is 16.5. The Bertz CT molecular complexity index is 1210. The number of carbonyl (C=O) groups excluding carboxylic acids is 1. The molecule has 1 unspecified atom stereocenters. The molecule has 0 saturated carbocycles. The minimum absolute atomic E-state index is 0.295. The van der Waals surface area contributed by atoms with Gasteiger partial charge in [-0.2, -0.15) is 4.73 Å². The van der Waals surface area contributed by atoms with E-state index in [1.165, 1.54) is 19.5 Å². The van der Waals surface area contributed by atoms with E-state index in [-0.39, 0.29) is 11.9 Å². The van der Waals surface area contributed by atoms with E-state index in [9.17, 15) is 10.0 Å². The van der Waals surface area contributed by atoms with Crippen molar-refractivity contribution in [1.82, 2.24) is 10.3 Å². The van der Waals surface area contributed by atoms with Crippen molar-refractivity contribution in [2.75, 3.05) is 7.11 Å². The maximum absolute atomic E-state index is 13.4. The fraction of sp³-hybridized carbons (Fsp3) is 0.125. The van der Waals surface area contributed by atoms with E-state index in [1.54, 1.807) is 12.1 Å². The van der Waals surface area contributed by atoms with Crippen molar-refractivity contribution in [3.8, 4) is 17.0 Å². The average molecular weight is 399 g/mol. The molecule has 0 aliphatic heterocycles. The minimum Gasteiger partial charge on any atom is -0.619 e. The summed E-state index contributed by atoms with van der Waals surface area (Å²) in [5.74, 6) is 0.119. The van der Waals surface area contributed by atoms with Gasteiger partial charge < -0.3 is 15.3 Å². The van der Waals surface area contributed by atoms with E-state index < -0.39 is 0 Å². The fourth-order valence-corrected chi connectivity index (χ4v) is 3.49. The van der Waals surface area contributed by atoms with E-state index in [1.807, 2.05) is 61.5 Å². The van der Waals surface area contributed by atoms with Gasteiger partial charge in [-0.3, -0.25) is 4.79 Å². The van der Waals surface area contributed by atoms with Crippen LogP contribution in [0.3, 0.4) is 0 Å². The minimum atomic E-state index is -0.365. The van der Waals surface area contributed by atoms with Gasteiger partial charge >= 0.3 is 0 Å². The van der Waals surface area contributed by atoms with E-state index in [0.717, 1.165) is 5.56 Å². The predicted octanol–water partition coefficient (Wildman–Crippen LogP) is 4.03. The number of rotatable bonds is 5. The van der Waals surface area contributed by atoms with Gasteiger partial charge in [-0.15, -0.1) is 0 Å². The molecule has 0 saturated heterocycles. The maximum atomic E-state index is 13.4. The van der Waals surface area contributed by atoms with Gasteiger partial charge in [0, 0.05) is 22.6 Å². The molecule has 150 valence electrons. The molecular formula is C24H21N3O3. The van der Waals surface area contributed by atoms with Crippen LogP contribution in [-0.2, 0) is 0 Å². The second-order valence-electron chi connectivity index (χ2n) is 6.94. The van der Waals surface area contributed by atoms with Crippen LogP contribution in [0, 0.1) is 5.21 Å². The van der Waals surface area contributed by atoms with Crippen LogP contribution in [0.4, 0.5) is 0 Å². The molecule has 6 nitrogen and oxygen atoms in total. The zero-order valence-electron chi connectivity index (χ0n) is 16.7. The summed E-state index contributed by atoms with van der Waals surface area (Å²) in [6, 6.07) is 20.2. The normalized spacial score (nSPS) is 11.8. The number of amides is 1. The number of aromatic nitrogens is 2. The van der Waals surface area contributed by atoms with E-state index in [0.29, 0.717) is 38.2 Å². The van der Waals surface area contributed by atoms with E-state index in [4.69, 9.17) is 9.72 Å². The van der Waals surface area contributed by atoms with Gasteiger partial charge in [-0.25, -0.2) is 4.98 Å². The summed E-state index contributed by atoms with van der Waals surface area (Å²) in [6.07, 6.45) is 2.85. The Labute approximate surface area is 174 Å². The Balaban J connectivity index is 1.83. The third kappa shape index (κ3) is 3.67. The quantitative estimate of drug-likeness (QED) is 0.406. The number of benzene rings is 2. The summed E-state index contributed by atoms with van der Waals surface area (Å²) >= 11 is 0. The second kappa shape index (κ2) is 8.21. The number of methoxy groups -OCH3 is 1. The van der Waals surface area contributed by atoms with Crippen LogP contribution >= 0.6 is 0 Å². The first kappa shape index (κ1) is 19.4. The molecule has 2 heterocycles. The molecule has 2 aromatic carbocycles. The number of para-hydroxylation sites is 1. The number of nitrogens with one attached hydrogen (secondary N) is 1. The summed E-state index contributed by atoms with van der Waals surface area (Å²) in [6.45, 7) is 1.83. The van der Waals surface area contributed by atoms with Crippen molar-refractivity contribution in [1.29, 1.82) is 0 Å². The smallest absolute Gasteiger partial charge is 0.256 e. The van der Waals surface area contributed by atoms with Gasteiger partial charge in [0.15, 0.2) is 18.1 Å². The van der Waals surface area contributed by atoms with Gasteiger partial charge in [-0.05, 0) is 19.1 Å². The average Bonchev–Trinajstić information content (AvgIpc) is 2.78. The molecule has 0 fully saturated rings. The zero-order chi connectivity index (χ0) is 21.1. The van der Waals surface area contributed by atoms with Crippen molar-refractivity contribution in [3.63, 3.8) is 0 Å². The van der Waals surface area contributed by atoms with Gasteiger partial charge in [0.05, 0.1) is 24.2 Å². The Hall–Kier alpha value is -3.93. The van der Waals surface area contributed by atoms with Gasteiger partial charge in [0.25, 0.3) is 5.91 Å². The molecule has 0 aliphatic rings. The summed E-state index contributed by atoms with van der Waals surface area (Å²) in [7, 11) is 1.54. The molecule has 1 N–H and O–H groups in total. The summed E-state index contributed by atoms with van der Waals surface area (Å²) in [4.78, 5) is 18.1. The monoisotopic (exact) mass is 399 g/mol. The first-order valence-corrected chi connectivity index (χ1v) is 9.60. The van der Waals surface area contributed by atoms with Crippen LogP contribution in [0.5, 0.6) is 5.75 Å². The number of fused-ring (bicyclic) bond motifs is 1. The number of ether oxygens (including phenoxy) is 1. The maximum Gasteiger partial charge on any atom is 0.256 e. The van der Waals surface area contributed by atoms with Crippen molar-refractivity contribution >= 4 is 16.8 Å². The molecule has 0 spiro atoms. The number of hydrogen-bond donors (Lipinski definition) is 1. The van der Waals surface area contributed by atoms with Crippen molar-refractivity contribution < 1.29 is 14.3 Å². The highest BCUT2D eigenvalue weighted by molar-refractivity contribution is 6.10. The molecule has 0 bridgehead atoms. The van der Waals surface area contributed by atoms with Crippen LogP contribution in [-0.4, -0.2) is 18.0 Å². The largest absolute Gasteiger partial charge is 0.619 e. The first-order valence-electron chi connectivity index (χ1n) is 9.60. The van der Waals surface area contributed by atoms with Crippen LogP contribution in [0.1, 0.15) is 28.9 Å². The number of nitrogens with zero attached hydrogens (tertiary/aromatic N) is 2. The topological polar surface area (TPSA) is 78.2 Å². The lowest BCUT2D eigenvalue weighted by Gasteiger charge is -2.18. The Kier molecular flexibility index (Phi) is 5.30. The summed E-state index contributed by atoms with van der Waals surface area (Å²) in [5.41, 5.74) is 3.29. The highest BCUT2D eigenvalue weighted by Gasteiger charge is 2.24. The zero-order valence-corrected chi connectivity index (χ0v) is 16.7. The molecule has 30 heavy (non-hydrogen) atoms. The third-order valence-electron chi connectivity index (χ3n) is 4.97. The van der Waals surface area contributed by atoms with Crippen LogP contribution in [0.2, 0.25) is 0 Å². The Morgan fingerprint density at radius 3 is 2.53 bits per heavy atom. The van der Waals surface area contributed by atoms with E-state index in [2.05, 4.69) is 5.32 Å². The SMILES string of the molecule is COc1c(-c2ccccc2)nc2ccccc2c1C(=O)NC(C)c1ccc[n+]([O-])c1. The molecule has 1 amide bonds. The van der Waals surface area contributed by atoms with Crippen molar-refractivity contribution in [3.05, 3.63) is 95.5 Å². The van der Waals surface area contributed by atoms with Gasteiger partial charge in [0.1, 0.15) is 5.69 Å².